The fourth-order valence-electron chi connectivity index (χ4n) is 3.00. The molecular weight excluding hydrogens is 342 g/mol. The molecule has 0 amide bonds. The summed E-state index contributed by atoms with van der Waals surface area (Å²) in [5.74, 6) is 0.837. The van der Waals surface area contributed by atoms with E-state index in [0.29, 0.717) is 0 Å². The molecule has 136 valence electrons. The Bertz CT molecular complexity index is 871. The summed E-state index contributed by atoms with van der Waals surface area (Å²) in [7, 11) is 1.69. The second-order valence-corrected chi connectivity index (χ2v) is 6.89. The van der Waals surface area contributed by atoms with Crippen molar-refractivity contribution < 1.29 is 4.74 Å². The fourth-order valence-corrected chi connectivity index (χ4v) is 3.72. The Morgan fingerprint density at radius 2 is 1.88 bits per heavy atom. The number of ether oxygens (including phenoxy) is 1. The highest BCUT2D eigenvalue weighted by molar-refractivity contribution is 7.14. The van der Waals surface area contributed by atoms with Gasteiger partial charge in [-0.25, -0.2) is 4.98 Å². The predicted molar refractivity (Wildman–Crippen MR) is 112 cm³/mol. The quantitative estimate of drug-likeness (QED) is 0.580. The van der Waals surface area contributed by atoms with Crippen molar-refractivity contribution in [3.63, 3.8) is 0 Å². The minimum absolute atomic E-state index is 0.837. The van der Waals surface area contributed by atoms with E-state index in [4.69, 9.17) is 9.72 Å². The molecule has 1 heterocycles. The van der Waals surface area contributed by atoms with E-state index in [2.05, 4.69) is 54.6 Å². The molecule has 5 heteroatoms. The van der Waals surface area contributed by atoms with E-state index in [1.54, 1.807) is 18.4 Å². The van der Waals surface area contributed by atoms with E-state index in [0.717, 1.165) is 40.9 Å². The maximum Gasteiger partial charge on any atom is 0.187 e. The normalized spacial score (nSPS) is 10.6. The number of aromatic nitrogens is 1. The van der Waals surface area contributed by atoms with Crippen LogP contribution in [0.3, 0.4) is 0 Å². The lowest BCUT2D eigenvalue weighted by Gasteiger charge is -2.22. The molecule has 0 fully saturated rings. The molecule has 0 atom stereocenters. The highest BCUT2D eigenvalue weighted by Crippen LogP contribution is 2.33. The first-order valence-electron chi connectivity index (χ1n) is 8.87. The molecule has 0 aliphatic rings. The molecule has 0 aliphatic heterocycles. The Hall–Kier alpha value is -2.53. The summed E-state index contributed by atoms with van der Waals surface area (Å²) in [6.45, 7) is 8.51. The molecule has 2 aromatic carbocycles. The fraction of sp³-hybridized carbons (Fsp3) is 0.286. The topological polar surface area (TPSA) is 37.4 Å². The van der Waals surface area contributed by atoms with E-state index in [1.807, 2.05) is 24.3 Å². The minimum atomic E-state index is 0.837. The van der Waals surface area contributed by atoms with Crippen molar-refractivity contribution in [3.8, 4) is 17.0 Å². The lowest BCUT2D eigenvalue weighted by atomic mass is 10.1. The first kappa shape index (κ1) is 18.3. The number of rotatable bonds is 7. The molecule has 26 heavy (non-hydrogen) atoms. The number of methoxy groups -OCH3 is 1. The molecule has 1 aromatic heterocycles. The second-order valence-electron chi connectivity index (χ2n) is 6.03. The van der Waals surface area contributed by atoms with Gasteiger partial charge in [-0.2, -0.15) is 0 Å². The SMILES string of the molecule is CCN(CC)c1ccc(Nc2nc(-c3ccccc3OC)cs2)c(C)c1. The number of hydrogen-bond acceptors (Lipinski definition) is 5. The summed E-state index contributed by atoms with van der Waals surface area (Å²) < 4.78 is 5.44. The van der Waals surface area contributed by atoms with E-state index in [-0.39, 0.29) is 0 Å². The Morgan fingerprint density at radius 1 is 1.12 bits per heavy atom. The Labute approximate surface area is 159 Å². The van der Waals surface area contributed by atoms with Gasteiger partial charge in [0.2, 0.25) is 0 Å². The monoisotopic (exact) mass is 367 g/mol. The molecule has 1 N–H and O–H groups in total. The Kier molecular flexibility index (Phi) is 5.78. The Balaban J connectivity index is 1.81. The van der Waals surface area contributed by atoms with Gasteiger partial charge in [0, 0.05) is 35.4 Å². The van der Waals surface area contributed by atoms with Crippen molar-refractivity contribution in [1.82, 2.24) is 4.98 Å². The van der Waals surface area contributed by atoms with E-state index >= 15 is 0 Å². The number of nitrogens with one attached hydrogen (secondary N) is 1. The molecular formula is C21H25N3OS. The number of benzene rings is 2. The van der Waals surface area contributed by atoms with Gasteiger partial charge in [0.05, 0.1) is 12.8 Å². The number of hydrogen-bond donors (Lipinski definition) is 1. The molecule has 0 spiro atoms. The van der Waals surface area contributed by atoms with Gasteiger partial charge in [0.25, 0.3) is 0 Å². The van der Waals surface area contributed by atoms with Crippen LogP contribution in [0, 0.1) is 6.92 Å². The van der Waals surface area contributed by atoms with Crippen LogP contribution in [-0.2, 0) is 0 Å². The van der Waals surface area contributed by atoms with E-state index in [1.165, 1.54) is 11.3 Å². The largest absolute Gasteiger partial charge is 0.496 e. The van der Waals surface area contributed by atoms with Crippen LogP contribution in [0.25, 0.3) is 11.3 Å². The summed E-state index contributed by atoms with van der Waals surface area (Å²) in [6, 6.07) is 14.5. The highest BCUT2D eigenvalue weighted by atomic mass is 32.1. The van der Waals surface area contributed by atoms with Crippen LogP contribution in [-0.4, -0.2) is 25.2 Å². The average Bonchev–Trinajstić information content (AvgIpc) is 3.13. The van der Waals surface area contributed by atoms with Crippen LogP contribution in [0.4, 0.5) is 16.5 Å². The number of nitrogens with zero attached hydrogens (tertiary/aromatic N) is 2. The number of para-hydroxylation sites is 1. The molecule has 0 bridgehead atoms. The minimum Gasteiger partial charge on any atom is -0.496 e. The summed E-state index contributed by atoms with van der Waals surface area (Å²) in [5, 5.41) is 6.38. The third-order valence-electron chi connectivity index (χ3n) is 4.47. The van der Waals surface area contributed by atoms with Gasteiger partial charge in [-0.05, 0) is 56.7 Å². The molecule has 0 saturated heterocycles. The van der Waals surface area contributed by atoms with Crippen molar-refractivity contribution in [2.45, 2.75) is 20.8 Å². The lowest BCUT2D eigenvalue weighted by molar-refractivity contribution is 0.416. The van der Waals surface area contributed by atoms with Gasteiger partial charge >= 0.3 is 0 Å². The van der Waals surface area contributed by atoms with Crippen LogP contribution in [0.2, 0.25) is 0 Å². The van der Waals surface area contributed by atoms with Gasteiger partial charge in [0.15, 0.2) is 5.13 Å². The number of anilines is 3. The van der Waals surface area contributed by atoms with Crippen molar-refractivity contribution in [1.29, 1.82) is 0 Å². The number of thiazole rings is 1. The molecule has 0 radical (unpaired) electrons. The zero-order valence-electron chi connectivity index (χ0n) is 15.7. The zero-order valence-corrected chi connectivity index (χ0v) is 16.6. The predicted octanol–water partition coefficient (Wildman–Crippen LogP) is 5.72. The smallest absolute Gasteiger partial charge is 0.187 e. The molecule has 4 nitrogen and oxygen atoms in total. The molecule has 0 saturated carbocycles. The standard InChI is InChI=1S/C21H25N3OS/c1-5-24(6-2)16-11-12-18(15(3)13-16)22-21-23-19(14-26-21)17-9-7-8-10-20(17)25-4/h7-14H,5-6H2,1-4H3,(H,22,23). The second kappa shape index (κ2) is 8.23. The van der Waals surface area contributed by atoms with Crippen LogP contribution in [0.1, 0.15) is 19.4 Å². The lowest BCUT2D eigenvalue weighted by Crippen LogP contribution is -2.21. The van der Waals surface area contributed by atoms with Gasteiger partial charge < -0.3 is 15.0 Å². The van der Waals surface area contributed by atoms with Crippen LogP contribution < -0.4 is 15.0 Å². The average molecular weight is 368 g/mol. The van der Waals surface area contributed by atoms with Gasteiger partial charge in [-0.15, -0.1) is 11.3 Å². The van der Waals surface area contributed by atoms with Crippen molar-refractivity contribution in [2.24, 2.45) is 0 Å². The maximum atomic E-state index is 5.44. The first-order valence-corrected chi connectivity index (χ1v) is 9.75. The van der Waals surface area contributed by atoms with Crippen molar-refractivity contribution in [2.75, 3.05) is 30.4 Å². The summed E-state index contributed by atoms with van der Waals surface area (Å²) in [4.78, 5) is 7.08. The van der Waals surface area contributed by atoms with Gasteiger partial charge in [-0.3, -0.25) is 0 Å². The third kappa shape index (κ3) is 3.83. The van der Waals surface area contributed by atoms with Gasteiger partial charge in [0.1, 0.15) is 5.75 Å². The summed E-state index contributed by atoms with van der Waals surface area (Å²) in [5.41, 5.74) is 5.48. The molecule has 3 aromatic rings. The molecule has 3 rings (SSSR count). The maximum absolute atomic E-state index is 5.44. The molecule has 0 unspecified atom stereocenters. The van der Waals surface area contributed by atoms with Crippen LogP contribution in [0.5, 0.6) is 5.75 Å². The van der Waals surface area contributed by atoms with E-state index in [9.17, 15) is 0 Å². The summed E-state index contributed by atoms with van der Waals surface area (Å²) in [6.07, 6.45) is 0. The van der Waals surface area contributed by atoms with Crippen molar-refractivity contribution >= 4 is 27.8 Å². The Morgan fingerprint density at radius 3 is 2.58 bits per heavy atom. The van der Waals surface area contributed by atoms with Gasteiger partial charge in [-0.1, -0.05) is 12.1 Å². The van der Waals surface area contributed by atoms with Crippen LogP contribution in [0.15, 0.2) is 47.8 Å². The van der Waals surface area contributed by atoms with E-state index < -0.39 is 0 Å². The zero-order chi connectivity index (χ0) is 18.5. The number of aryl methyl sites for hydroxylation is 1. The summed E-state index contributed by atoms with van der Waals surface area (Å²) >= 11 is 1.60. The highest BCUT2D eigenvalue weighted by Gasteiger charge is 2.11. The third-order valence-corrected chi connectivity index (χ3v) is 5.23. The van der Waals surface area contributed by atoms with Crippen molar-refractivity contribution in [3.05, 3.63) is 53.4 Å². The van der Waals surface area contributed by atoms with Crippen LogP contribution >= 0.6 is 11.3 Å². The first-order chi connectivity index (χ1) is 12.7. The molecule has 0 aliphatic carbocycles.